The number of carbonyl (C=O) groups is 1. The molecule has 0 heterocycles. The van der Waals surface area contributed by atoms with E-state index >= 15 is 0 Å². The molecule has 0 N–H and O–H groups in total. The lowest BCUT2D eigenvalue weighted by atomic mass is 10.2. The van der Waals surface area contributed by atoms with Crippen molar-refractivity contribution < 1.29 is 27.4 Å². The first-order valence-corrected chi connectivity index (χ1v) is 12.9. The summed E-state index contributed by atoms with van der Waals surface area (Å²) in [5, 5.41) is 0. The fourth-order valence-corrected chi connectivity index (χ4v) is 5.09. The molecule has 3 aromatic carbocycles. The third kappa shape index (κ3) is 6.09. The fraction of sp³-hybridized carbons (Fsp3) is 0.296. The minimum absolute atomic E-state index is 0.0924. The maximum atomic E-state index is 13.7. The van der Waals surface area contributed by atoms with Crippen molar-refractivity contribution in [2.75, 3.05) is 38.7 Å². The van der Waals surface area contributed by atoms with Crippen LogP contribution in [0.3, 0.4) is 0 Å². The molecule has 0 unspecified atom stereocenters. The van der Waals surface area contributed by atoms with Gasteiger partial charge in [-0.1, -0.05) is 35.9 Å². The van der Waals surface area contributed by atoms with Crippen molar-refractivity contribution in [3.63, 3.8) is 0 Å². The number of aryl methyl sites for hydroxylation is 1. The Morgan fingerprint density at radius 1 is 0.889 bits per heavy atom. The molecule has 0 saturated carbocycles. The van der Waals surface area contributed by atoms with E-state index in [1.165, 1.54) is 4.90 Å². The zero-order valence-electron chi connectivity index (χ0n) is 21.2. The highest BCUT2D eigenvalue weighted by atomic mass is 32.2. The fourth-order valence-electron chi connectivity index (χ4n) is 3.66. The summed E-state index contributed by atoms with van der Waals surface area (Å²) in [6.07, 6.45) is 0. The average Bonchev–Trinajstić information content (AvgIpc) is 2.87. The van der Waals surface area contributed by atoms with Crippen molar-refractivity contribution in [2.24, 2.45) is 0 Å². The van der Waals surface area contributed by atoms with Crippen LogP contribution in [0.1, 0.15) is 18.1 Å². The molecule has 192 valence electrons. The van der Waals surface area contributed by atoms with Crippen LogP contribution in [0.4, 0.5) is 5.69 Å². The molecule has 0 fully saturated rings. The van der Waals surface area contributed by atoms with Crippen LogP contribution in [0.5, 0.6) is 17.2 Å². The number of amides is 1. The molecular weight excluding hydrogens is 480 g/mol. The van der Waals surface area contributed by atoms with Crippen LogP contribution >= 0.6 is 0 Å². The van der Waals surface area contributed by atoms with E-state index in [4.69, 9.17) is 14.2 Å². The van der Waals surface area contributed by atoms with Crippen molar-refractivity contribution in [3.8, 4) is 17.2 Å². The number of methoxy groups -OCH3 is 2. The number of sulfonamides is 1. The molecule has 0 atom stereocenters. The van der Waals surface area contributed by atoms with Crippen LogP contribution in [0.2, 0.25) is 0 Å². The number of rotatable bonds is 11. The number of nitrogens with zero attached hydrogens (tertiary/aromatic N) is 2. The largest absolute Gasteiger partial charge is 0.493 e. The number of carbonyl (C=O) groups excluding carboxylic acids is 1. The van der Waals surface area contributed by atoms with Gasteiger partial charge in [-0.05, 0) is 55.8 Å². The van der Waals surface area contributed by atoms with Gasteiger partial charge in [0.05, 0.1) is 31.4 Å². The highest BCUT2D eigenvalue weighted by molar-refractivity contribution is 7.92. The highest BCUT2D eigenvalue weighted by Crippen LogP contribution is 2.33. The third-order valence-corrected chi connectivity index (χ3v) is 7.39. The minimum Gasteiger partial charge on any atom is -0.493 e. The zero-order valence-corrected chi connectivity index (χ0v) is 22.0. The van der Waals surface area contributed by atoms with Crippen LogP contribution in [0.15, 0.2) is 71.6 Å². The van der Waals surface area contributed by atoms with Crippen molar-refractivity contribution >= 4 is 21.6 Å². The van der Waals surface area contributed by atoms with Gasteiger partial charge in [0.15, 0.2) is 11.5 Å². The molecule has 0 bridgehead atoms. The molecule has 0 aliphatic rings. The highest BCUT2D eigenvalue weighted by Gasteiger charge is 2.30. The number of ether oxygens (including phenoxy) is 3. The third-order valence-electron chi connectivity index (χ3n) is 5.62. The molecule has 1 amide bonds. The van der Waals surface area contributed by atoms with Crippen molar-refractivity contribution in [2.45, 2.75) is 25.3 Å². The van der Waals surface area contributed by atoms with E-state index in [-0.39, 0.29) is 17.3 Å². The monoisotopic (exact) mass is 512 g/mol. The van der Waals surface area contributed by atoms with Crippen LogP contribution in [-0.2, 0) is 21.4 Å². The van der Waals surface area contributed by atoms with Crippen molar-refractivity contribution in [1.82, 2.24) is 4.90 Å². The summed E-state index contributed by atoms with van der Waals surface area (Å²) in [6.45, 7) is 3.90. The molecule has 8 nitrogen and oxygen atoms in total. The Bertz CT molecular complexity index is 1290. The number of likely N-dealkylation sites (N-methyl/N-ethyl adjacent to an activating group) is 1. The molecule has 0 radical (unpaired) electrons. The summed E-state index contributed by atoms with van der Waals surface area (Å²) in [5.41, 5.74) is 2.04. The van der Waals surface area contributed by atoms with E-state index in [0.717, 1.165) is 15.4 Å². The lowest BCUT2D eigenvalue weighted by molar-refractivity contribution is -0.128. The summed E-state index contributed by atoms with van der Waals surface area (Å²) in [6, 6.07) is 18.7. The van der Waals surface area contributed by atoms with E-state index in [2.05, 4.69) is 0 Å². The van der Waals surface area contributed by atoms with Gasteiger partial charge < -0.3 is 19.1 Å². The van der Waals surface area contributed by atoms with Gasteiger partial charge in [0.1, 0.15) is 12.3 Å². The smallest absolute Gasteiger partial charge is 0.264 e. The Morgan fingerprint density at radius 2 is 1.56 bits per heavy atom. The molecule has 3 rings (SSSR count). The van der Waals surface area contributed by atoms with Gasteiger partial charge in [-0.15, -0.1) is 0 Å². The number of anilines is 1. The topological polar surface area (TPSA) is 85.4 Å². The second kappa shape index (κ2) is 11.8. The van der Waals surface area contributed by atoms with Gasteiger partial charge in [-0.3, -0.25) is 9.10 Å². The molecule has 36 heavy (non-hydrogen) atoms. The van der Waals surface area contributed by atoms with Gasteiger partial charge in [-0.2, -0.15) is 0 Å². The quantitative estimate of drug-likeness (QED) is 0.382. The zero-order chi connectivity index (χ0) is 26.3. The first-order chi connectivity index (χ1) is 17.2. The Balaban J connectivity index is 1.94. The lowest BCUT2D eigenvalue weighted by Crippen LogP contribution is -2.41. The van der Waals surface area contributed by atoms with Crippen LogP contribution in [-0.4, -0.2) is 53.6 Å². The second-order valence-corrected chi connectivity index (χ2v) is 10.0. The molecule has 0 aliphatic heterocycles. The van der Waals surface area contributed by atoms with E-state index in [9.17, 15) is 13.2 Å². The van der Waals surface area contributed by atoms with E-state index < -0.39 is 16.6 Å². The molecular formula is C27H32N2O6S. The standard InChI is InChI=1S/C27H32N2O6S/c1-6-35-24-10-8-7-9-23(24)29(36(31,32)22-14-11-20(2)12-15-22)19-27(30)28(3)18-21-13-16-25(33-4)26(17-21)34-5/h7-17H,6,18-19H2,1-5H3. The van der Waals surface area contributed by atoms with Crippen molar-refractivity contribution in [1.29, 1.82) is 0 Å². The van der Waals surface area contributed by atoms with Gasteiger partial charge in [-0.25, -0.2) is 8.42 Å². The Hall–Kier alpha value is -3.72. The van der Waals surface area contributed by atoms with Crippen LogP contribution in [0.25, 0.3) is 0 Å². The van der Waals surface area contributed by atoms with Crippen molar-refractivity contribution in [3.05, 3.63) is 77.9 Å². The number of para-hydroxylation sites is 2. The Morgan fingerprint density at radius 3 is 2.19 bits per heavy atom. The molecule has 0 aliphatic carbocycles. The Labute approximate surface area is 213 Å². The van der Waals surface area contributed by atoms with E-state index in [1.807, 2.05) is 19.9 Å². The average molecular weight is 513 g/mol. The first-order valence-electron chi connectivity index (χ1n) is 11.5. The molecule has 0 saturated heterocycles. The van der Waals surface area contributed by atoms with E-state index in [0.29, 0.717) is 29.5 Å². The SMILES string of the molecule is CCOc1ccccc1N(CC(=O)N(C)Cc1ccc(OC)c(OC)c1)S(=O)(=O)c1ccc(C)cc1. The molecule has 0 spiro atoms. The summed E-state index contributed by atoms with van der Waals surface area (Å²) in [7, 11) is 0.659. The predicted molar refractivity (Wildman–Crippen MR) is 139 cm³/mol. The normalized spacial score (nSPS) is 11.0. The Kier molecular flexibility index (Phi) is 8.82. The molecule has 9 heteroatoms. The van der Waals surface area contributed by atoms with Gasteiger partial charge in [0.2, 0.25) is 5.91 Å². The number of hydrogen-bond donors (Lipinski definition) is 0. The minimum atomic E-state index is -4.06. The van der Waals surface area contributed by atoms with Crippen LogP contribution in [0, 0.1) is 6.92 Å². The summed E-state index contributed by atoms with van der Waals surface area (Å²) >= 11 is 0. The van der Waals surface area contributed by atoms with Gasteiger partial charge in [0.25, 0.3) is 10.0 Å². The summed E-state index contributed by atoms with van der Waals surface area (Å²) in [4.78, 5) is 14.9. The summed E-state index contributed by atoms with van der Waals surface area (Å²) < 4.78 is 44.9. The summed E-state index contributed by atoms with van der Waals surface area (Å²) in [5.74, 6) is 1.13. The molecule has 3 aromatic rings. The first kappa shape index (κ1) is 26.9. The maximum absolute atomic E-state index is 13.7. The van der Waals surface area contributed by atoms with Gasteiger partial charge >= 0.3 is 0 Å². The second-order valence-electron chi connectivity index (χ2n) is 8.16. The predicted octanol–water partition coefficient (Wildman–Crippen LogP) is 4.26. The number of benzene rings is 3. The van der Waals surface area contributed by atoms with Gasteiger partial charge in [0, 0.05) is 13.6 Å². The maximum Gasteiger partial charge on any atom is 0.264 e. The van der Waals surface area contributed by atoms with E-state index in [1.54, 1.807) is 81.9 Å². The van der Waals surface area contributed by atoms with Crippen LogP contribution < -0.4 is 18.5 Å². The molecule has 0 aromatic heterocycles. The number of hydrogen-bond acceptors (Lipinski definition) is 6. The lowest BCUT2D eigenvalue weighted by Gasteiger charge is -2.28.